The van der Waals surface area contributed by atoms with Crippen LogP contribution in [-0.2, 0) is 4.74 Å². The predicted octanol–water partition coefficient (Wildman–Crippen LogP) is 2.23. The number of anilines is 1. The average molecular weight is 351 g/mol. The summed E-state index contributed by atoms with van der Waals surface area (Å²) in [7, 11) is 1.73. The molecule has 7 heteroatoms. The largest absolute Gasteiger partial charge is 0.381 e. The lowest BCUT2D eigenvalue weighted by Crippen LogP contribution is -2.40. The first-order chi connectivity index (χ1) is 12.7. The van der Waals surface area contributed by atoms with E-state index in [4.69, 9.17) is 10.5 Å². The molecule has 2 aromatic heterocycles. The van der Waals surface area contributed by atoms with Crippen LogP contribution in [0.1, 0.15) is 23.2 Å². The number of nitrogens with zero attached hydrogens (tertiary/aromatic N) is 4. The number of nitrogens with two attached hydrogens (primary N) is 1. The number of ether oxygens (including phenoxy) is 1. The second kappa shape index (κ2) is 6.76. The van der Waals surface area contributed by atoms with Gasteiger partial charge in [0, 0.05) is 31.3 Å². The van der Waals surface area contributed by atoms with Crippen LogP contribution in [0.25, 0.3) is 16.9 Å². The number of fused-ring (bicyclic) bond motifs is 1. The van der Waals surface area contributed by atoms with Crippen LogP contribution in [0.4, 0.5) is 5.95 Å². The smallest absolute Gasteiger partial charge is 0.253 e. The van der Waals surface area contributed by atoms with Crippen LogP contribution >= 0.6 is 0 Å². The third-order valence-corrected chi connectivity index (χ3v) is 4.87. The number of piperidine rings is 1. The lowest BCUT2D eigenvalue weighted by molar-refractivity contribution is 0.0351. The molecule has 1 aliphatic heterocycles. The summed E-state index contributed by atoms with van der Waals surface area (Å²) in [6, 6.07) is 13.3. The maximum atomic E-state index is 12.7. The van der Waals surface area contributed by atoms with E-state index in [1.807, 2.05) is 47.4 Å². The molecule has 26 heavy (non-hydrogen) atoms. The van der Waals surface area contributed by atoms with Crippen molar-refractivity contribution in [1.82, 2.24) is 19.5 Å². The molecular weight excluding hydrogens is 330 g/mol. The fourth-order valence-electron chi connectivity index (χ4n) is 3.40. The normalized spacial score (nSPS) is 15.5. The second-order valence-electron chi connectivity index (χ2n) is 6.46. The molecule has 1 saturated heterocycles. The van der Waals surface area contributed by atoms with Crippen LogP contribution in [-0.4, -0.2) is 51.7 Å². The SMILES string of the molecule is COC1CCN(C(=O)c2ccc(-c3cccc4nc(N)nn34)cc2)CC1. The minimum Gasteiger partial charge on any atom is -0.381 e. The number of amides is 1. The van der Waals surface area contributed by atoms with E-state index >= 15 is 0 Å². The van der Waals surface area contributed by atoms with Gasteiger partial charge in [0.2, 0.25) is 5.95 Å². The molecule has 0 saturated carbocycles. The summed E-state index contributed by atoms with van der Waals surface area (Å²) >= 11 is 0. The van der Waals surface area contributed by atoms with E-state index in [1.165, 1.54) is 0 Å². The number of carbonyl (C=O) groups is 1. The Morgan fingerprint density at radius 1 is 1.15 bits per heavy atom. The van der Waals surface area contributed by atoms with E-state index < -0.39 is 0 Å². The molecule has 2 N–H and O–H groups in total. The molecule has 0 spiro atoms. The van der Waals surface area contributed by atoms with Crippen LogP contribution in [0.3, 0.4) is 0 Å². The van der Waals surface area contributed by atoms with Crippen molar-refractivity contribution in [3.05, 3.63) is 48.0 Å². The molecule has 1 aliphatic rings. The van der Waals surface area contributed by atoms with Gasteiger partial charge in [-0.2, -0.15) is 4.98 Å². The molecule has 134 valence electrons. The molecule has 3 aromatic rings. The molecule has 0 atom stereocenters. The van der Waals surface area contributed by atoms with Gasteiger partial charge in [0.1, 0.15) is 0 Å². The zero-order valence-corrected chi connectivity index (χ0v) is 14.6. The molecule has 3 heterocycles. The highest BCUT2D eigenvalue weighted by molar-refractivity contribution is 5.94. The lowest BCUT2D eigenvalue weighted by Gasteiger charge is -2.31. The van der Waals surface area contributed by atoms with Gasteiger partial charge in [0.25, 0.3) is 5.91 Å². The van der Waals surface area contributed by atoms with Gasteiger partial charge in [-0.3, -0.25) is 4.79 Å². The zero-order chi connectivity index (χ0) is 18.1. The van der Waals surface area contributed by atoms with Gasteiger partial charge >= 0.3 is 0 Å². The van der Waals surface area contributed by atoms with Crippen LogP contribution < -0.4 is 5.73 Å². The monoisotopic (exact) mass is 351 g/mol. The van der Waals surface area contributed by atoms with Gasteiger partial charge < -0.3 is 15.4 Å². The first-order valence-corrected chi connectivity index (χ1v) is 8.69. The molecule has 1 aromatic carbocycles. The Morgan fingerprint density at radius 2 is 1.88 bits per heavy atom. The fraction of sp³-hybridized carbons (Fsp3) is 0.316. The number of hydrogen-bond donors (Lipinski definition) is 1. The van der Waals surface area contributed by atoms with Crippen molar-refractivity contribution >= 4 is 17.5 Å². The summed E-state index contributed by atoms with van der Waals surface area (Å²) in [4.78, 5) is 18.8. The number of benzene rings is 1. The predicted molar refractivity (Wildman–Crippen MR) is 98.8 cm³/mol. The van der Waals surface area contributed by atoms with Crippen LogP contribution in [0, 0.1) is 0 Å². The molecule has 0 aliphatic carbocycles. The van der Waals surface area contributed by atoms with Gasteiger partial charge in [-0.25, -0.2) is 4.52 Å². The van der Waals surface area contributed by atoms with Crippen molar-refractivity contribution in [1.29, 1.82) is 0 Å². The molecule has 0 bridgehead atoms. The minimum atomic E-state index is 0.0642. The van der Waals surface area contributed by atoms with E-state index in [9.17, 15) is 4.79 Å². The summed E-state index contributed by atoms with van der Waals surface area (Å²) in [6.07, 6.45) is 2.03. The van der Waals surface area contributed by atoms with E-state index in [1.54, 1.807) is 11.6 Å². The third kappa shape index (κ3) is 3.01. The Hall–Kier alpha value is -2.93. The lowest BCUT2D eigenvalue weighted by atomic mass is 10.0. The second-order valence-corrected chi connectivity index (χ2v) is 6.46. The summed E-state index contributed by atoms with van der Waals surface area (Å²) in [5.74, 6) is 0.304. The average Bonchev–Trinajstić information content (AvgIpc) is 3.08. The van der Waals surface area contributed by atoms with Crippen molar-refractivity contribution < 1.29 is 9.53 Å². The van der Waals surface area contributed by atoms with Crippen molar-refractivity contribution in [2.75, 3.05) is 25.9 Å². The Morgan fingerprint density at radius 3 is 2.58 bits per heavy atom. The molecule has 7 nitrogen and oxygen atoms in total. The maximum absolute atomic E-state index is 12.7. The van der Waals surface area contributed by atoms with Crippen molar-refractivity contribution in [2.45, 2.75) is 18.9 Å². The number of likely N-dealkylation sites (tertiary alicyclic amines) is 1. The quantitative estimate of drug-likeness (QED) is 0.782. The van der Waals surface area contributed by atoms with Crippen molar-refractivity contribution in [2.24, 2.45) is 0 Å². The molecule has 0 radical (unpaired) electrons. The van der Waals surface area contributed by atoms with E-state index in [0.29, 0.717) is 11.2 Å². The number of carbonyl (C=O) groups excluding carboxylic acids is 1. The highest BCUT2D eigenvalue weighted by Gasteiger charge is 2.23. The molecule has 1 fully saturated rings. The van der Waals surface area contributed by atoms with E-state index in [0.717, 1.165) is 37.2 Å². The Balaban J connectivity index is 1.56. The van der Waals surface area contributed by atoms with E-state index in [-0.39, 0.29) is 18.0 Å². The fourth-order valence-corrected chi connectivity index (χ4v) is 3.40. The van der Waals surface area contributed by atoms with Gasteiger partial charge in [-0.15, -0.1) is 5.10 Å². The number of aromatic nitrogens is 3. The van der Waals surface area contributed by atoms with Crippen LogP contribution in [0.5, 0.6) is 0 Å². The summed E-state index contributed by atoms with van der Waals surface area (Å²) in [5, 5.41) is 4.23. The van der Waals surface area contributed by atoms with Gasteiger partial charge in [-0.1, -0.05) is 18.2 Å². The third-order valence-electron chi connectivity index (χ3n) is 4.87. The van der Waals surface area contributed by atoms with Crippen LogP contribution in [0.2, 0.25) is 0 Å². The van der Waals surface area contributed by atoms with Crippen molar-refractivity contribution in [3.63, 3.8) is 0 Å². The number of pyridine rings is 1. The summed E-state index contributed by atoms with van der Waals surface area (Å²) in [5.41, 5.74) is 8.92. The molecule has 1 amide bonds. The summed E-state index contributed by atoms with van der Waals surface area (Å²) < 4.78 is 7.08. The first kappa shape index (κ1) is 16.5. The van der Waals surface area contributed by atoms with E-state index in [2.05, 4.69) is 10.1 Å². The topological polar surface area (TPSA) is 85.8 Å². The number of nitrogen functional groups attached to an aromatic ring is 1. The summed E-state index contributed by atoms with van der Waals surface area (Å²) in [6.45, 7) is 1.47. The van der Waals surface area contributed by atoms with Gasteiger partial charge in [0.05, 0.1) is 11.8 Å². The van der Waals surface area contributed by atoms with Crippen LogP contribution in [0.15, 0.2) is 42.5 Å². The highest BCUT2D eigenvalue weighted by atomic mass is 16.5. The Bertz CT molecular complexity index is 927. The Labute approximate surface area is 151 Å². The number of hydrogen-bond acceptors (Lipinski definition) is 5. The Kier molecular flexibility index (Phi) is 4.30. The van der Waals surface area contributed by atoms with Gasteiger partial charge in [0.15, 0.2) is 5.65 Å². The number of rotatable bonds is 3. The van der Waals surface area contributed by atoms with Gasteiger partial charge in [-0.05, 0) is 37.1 Å². The highest BCUT2D eigenvalue weighted by Crippen LogP contribution is 2.22. The zero-order valence-electron chi connectivity index (χ0n) is 14.6. The maximum Gasteiger partial charge on any atom is 0.253 e. The molecule has 0 unspecified atom stereocenters. The molecular formula is C19H21N5O2. The standard InChI is InChI=1S/C19H21N5O2/c1-26-15-9-11-23(12-10-15)18(25)14-7-5-13(6-8-14)16-3-2-4-17-21-19(20)22-24(16)17/h2-8,15H,9-12H2,1H3,(H2,20,22). The van der Waals surface area contributed by atoms with Crippen molar-refractivity contribution in [3.8, 4) is 11.3 Å². The molecule has 4 rings (SSSR count). The number of methoxy groups -OCH3 is 1. The first-order valence-electron chi connectivity index (χ1n) is 8.69. The minimum absolute atomic E-state index is 0.0642.